The lowest BCUT2D eigenvalue weighted by Crippen LogP contribution is -2.28. The van der Waals surface area contributed by atoms with Gasteiger partial charge in [0, 0.05) is 24.0 Å². The highest BCUT2D eigenvalue weighted by atomic mass is 19.1. The van der Waals surface area contributed by atoms with Crippen LogP contribution in [0, 0.1) is 5.82 Å². The Morgan fingerprint density at radius 2 is 1.85 bits per heavy atom. The van der Waals surface area contributed by atoms with Crippen molar-refractivity contribution in [3.63, 3.8) is 0 Å². The molecule has 0 saturated heterocycles. The first-order chi connectivity index (χ1) is 13.2. The van der Waals surface area contributed by atoms with E-state index >= 15 is 0 Å². The Morgan fingerprint density at radius 1 is 1.07 bits per heavy atom. The maximum Gasteiger partial charge on any atom is 0.272 e. The van der Waals surface area contributed by atoms with Crippen molar-refractivity contribution < 1.29 is 14.3 Å². The van der Waals surface area contributed by atoms with Gasteiger partial charge < -0.3 is 15.7 Å². The Kier molecular flexibility index (Phi) is 6.51. The predicted octanol–water partition coefficient (Wildman–Crippen LogP) is 1.93. The number of carbonyl (C=O) groups excluding carboxylic acids is 1. The van der Waals surface area contributed by atoms with Crippen molar-refractivity contribution in [2.45, 2.75) is 13.0 Å². The standard InChI is InChI=1S/C20H23FN4O2/c21-17-8-3-1-6-15(17)14-25-18-9-4-2-7-16(18)19(24-25)20(27)23-11-5-10-22-12-13-26/h1-4,6-9,22,26H,5,10-14H2,(H,23,27). The van der Waals surface area contributed by atoms with Crippen molar-refractivity contribution in [2.75, 3.05) is 26.2 Å². The topological polar surface area (TPSA) is 79.2 Å². The number of para-hydroxylation sites is 1. The molecule has 0 aliphatic heterocycles. The summed E-state index contributed by atoms with van der Waals surface area (Å²) in [6.45, 7) is 2.11. The summed E-state index contributed by atoms with van der Waals surface area (Å²) in [5.41, 5.74) is 1.65. The molecule has 0 saturated carbocycles. The molecule has 0 atom stereocenters. The summed E-state index contributed by atoms with van der Waals surface area (Å²) in [4.78, 5) is 12.6. The summed E-state index contributed by atoms with van der Waals surface area (Å²) >= 11 is 0. The molecule has 3 N–H and O–H groups in total. The molecule has 0 spiro atoms. The number of carbonyl (C=O) groups is 1. The molecule has 0 aliphatic rings. The highest BCUT2D eigenvalue weighted by molar-refractivity contribution is 6.04. The first kappa shape index (κ1) is 19.0. The number of aliphatic hydroxyl groups is 1. The van der Waals surface area contributed by atoms with Crippen LogP contribution in [-0.4, -0.2) is 47.0 Å². The van der Waals surface area contributed by atoms with Gasteiger partial charge in [0.1, 0.15) is 5.82 Å². The molecule has 7 heteroatoms. The number of fused-ring (bicyclic) bond motifs is 1. The minimum absolute atomic E-state index is 0.0950. The van der Waals surface area contributed by atoms with Gasteiger partial charge in [-0.15, -0.1) is 0 Å². The summed E-state index contributed by atoms with van der Waals surface area (Å²) in [6.07, 6.45) is 0.750. The van der Waals surface area contributed by atoms with E-state index in [0.717, 1.165) is 17.3 Å². The smallest absolute Gasteiger partial charge is 0.272 e. The van der Waals surface area contributed by atoms with Gasteiger partial charge in [0.15, 0.2) is 5.69 Å². The number of rotatable bonds is 9. The van der Waals surface area contributed by atoms with Gasteiger partial charge in [-0.3, -0.25) is 9.48 Å². The quantitative estimate of drug-likeness (QED) is 0.503. The van der Waals surface area contributed by atoms with Crippen LogP contribution in [0.2, 0.25) is 0 Å². The Bertz CT molecular complexity index is 910. The lowest BCUT2D eigenvalue weighted by atomic mass is 10.2. The Labute approximate surface area is 157 Å². The van der Waals surface area contributed by atoms with E-state index in [-0.39, 0.29) is 24.9 Å². The number of hydrogen-bond acceptors (Lipinski definition) is 4. The van der Waals surface area contributed by atoms with Crippen LogP contribution in [0.5, 0.6) is 0 Å². The molecule has 0 aliphatic carbocycles. The van der Waals surface area contributed by atoms with E-state index in [1.165, 1.54) is 6.07 Å². The summed E-state index contributed by atoms with van der Waals surface area (Å²) in [5.74, 6) is -0.542. The highest BCUT2D eigenvalue weighted by Gasteiger charge is 2.17. The van der Waals surface area contributed by atoms with E-state index < -0.39 is 0 Å². The monoisotopic (exact) mass is 370 g/mol. The molecule has 0 unspecified atom stereocenters. The van der Waals surface area contributed by atoms with Crippen LogP contribution in [0.1, 0.15) is 22.5 Å². The maximum absolute atomic E-state index is 14.0. The van der Waals surface area contributed by atoms with Crippen LogP contribution in [-0.2, 0) is 6.54 Å². The predicted molar refractivity (Wildman–Crippen MR) is 102 cm³/mol. The third-order valence-electron chi connectivity index (χ3n) is 4.26. The lowest BCUT2D eigenvalue weighted by Gasteiger charge is -2.05. The molecule has 1 heterocycles. The van der Waals surface area contributed by atoms with Crippen LogP contribution in [0.15, 0.2) is 48.5 Å². The zero-order chi connectivity index (χ0) is 19.1. The summed E-state index contributed by atoms with van der Waals surface area (Å²) < 4.78 is 15.7. The number of halogens is 1. The second-order valence-corrected chi connectivity index (χ2v) is 6.20. The molecular weight excluding hydrogens is 347 g/mol. The summed E-state index contributed by atoms with van der Waals surface area (Å²) in [6, 6.07) is 14.0. The van der Waals surface area contributed by atoms with Gasteiger partial charge in [-0.05, 0) is 25.1 Å². The number of nitrogens with one attached hydrogen (secondary N) is 2. The zero-order valence-electron chi connectivity index (χ0n) is 15.0. The maximum atomic E-state index is 14.0. The third kappa shape index (κ3) is 4.69. The molecule has 0 fully saturated rings. The number of benzene rings is 2. The lowest BCUT2D eigenvalue weighted by molar-refractivity contribution is 0.0949. The van der Waals surface area contributed by atoms with Crippen LogP contribution in [0.4, 0.5) is 4.39 Å². The first-order valence-electron chi connectivity index (χ1n) is 8.99. The van der Waals surface area contributed by atoms with E-state index in [1.807, 2.05) is 24.3 Å². The molecule has 3 rings (SSSR count). The first-order valence-corrected chi connectivity index (χ1v) is 8.99. The Hall–Kier alpha value is -2.77. The number of aliphatic hydroxyl groups excluding tert-OH is 1. The van der Waals surface area contributed by atoms with E-state index in [2.05, 4.69) is 15.7 Å². The fourth-order valence-corrected chi connectivity index (χ4v) is 2.91. The summed E-state index contributed by atoms with van der Waals surface area (Å²) in [7, 11) is 0. The van der Waals surface area contributed by atoms with E-state index in [9.17, 15) is 9.18 Å². The molecule has 2 aromatic carbocycles. The minimum atomic E-state index is -0.293. The molecule has 1 amide bonds. The fourth-order valence-electron chi connectivity index (χ4n) is 2.91. The number of aromatic nitrogens is 2. The van der Waals surface area contributed by atoms with Gasteiger partial charge in [-0.25, -0.2) is 4.39 Å². The van der Waals surface area contributed by atoms with Gasteiger partial charge in [-0.2, -0.15) is 5.10 Å². The largest absolute Gasteiger partial charge is 0.395 e. The third-order valence-corrected chi connectivity index (χ3v) is 4.26. The molecule has 1 aromatic heterocycles. The average molecular weight is 370 g/mol. The van der Waals surface area contributed by atoms with Crippen molar-refractivity contribution >= 4 is 16.8 Å². The van der Waals surface area contributed by atoms with Gasteiger partial charge in [0.25, 0.3) is 5.91 Å². The van der Waals surface area contributed by atoms with Crippen molar-refractivity contribution in [1.29, 1.82) is 0 Å². The molecule has 0 radical (unpaired) electrons. The number of nitrogens with zero attached hydrogens (tertiary/aromatic N) is 2. The van der Waals surface area contributed by atoms with Crippen molar-refractivity contribution in [3.8, 4) is 0 Å². The second kappa shape index (κ2) is 9.25. The fraction of sp³-hybridized carbons (Fsp3) is 0.300. The number of amides is 1. The highest BCUT2D eigenvalue weighted by Crippen LogP contribution is 2.20. The van der Waals surface area contributed by atoms with Crippen LogP contribution in [0.25, 0.3) is 10.9 Å². The molecule has 142 valence electrons. The average Bonchev–Trinajstić information content (AvgIpc) is 3.05. The second-order valence-electron chi connectivity index (χ2n) is 6.20. The minimum Gasteiger partial charge on any atom is -0.395 e. The van der Waals surface area contributed by atoms with Crippen molar-refractivity contribution in [1.82, 2.24) is 20.4 Å². The summed E-state index contributed by atoms with van der Waals surface area (Å²) in [5, 5.41) is 19.8. The van der Waals surface area contributed by atoms with Crippen LogP contribution < -0.4 is 10.6 Å². The van der Waals surface area contributed by atoms with Gasteiger partial charge in [0.05, 0.1) is 18.7 Å². The van der Waals surface area contributed by atoms with E-state index in [1.54, 1.807) is 22.9 Å². The van der Waals surface area contributed by atoms with Crippen LogP contribution >= 0.6 is 0 Å². The molecule has 3 aromatic rings. The molecule has 27 heavy (non-hydrogen) atoms. The molecular formula is C20H23FN4O2. The Morgan fingerprint density at radius 3 is 2.67 bits per heavy atom. The molecule has 6 nitrogen and oxygen atoms in total. The van der Waals surface area contributed by atoms with Gasteiger partial charge >= 0.3 is 0 Å². The van der Waals surface area contributed by atoms with Gasteiger partial charge in [0.2, 0.25) is 0 Å². The van der Waals surface area contributed by atoms with Crippen molar-refractivity contribution in [3.05, 3.63) is 65.6 Å². The van der Waals surface area contributed by atoms with Crippen LogP contribution in [0.3, 0.4) is 0 Å². The zero-order valence-corrected chi connectivity index (χ0v) is 15.0. The van der Waals surface area contributed by atoms with E-state index in [4.69, 9.17) is 5.11 Å². The van der Waals surface area contributed by atoms with E-state index in [0.29, 0.717) is 30.9 Å². The number of hydrogen-bond donors (Lipinski definition) is 3. The van der Waals surface area contributed by atoms with Crippen molar-refractivity contribution in [2.24, 2.45) is 0 Å². The normalized spacial score (nSPS) is 11.0. The Balaban J connectivity index is 1.74. The SMILES string of the molecule is O=C(NCCCNCCO)c1nn(Cc2ccccc2F)c2ccccc12. The molecule has 0 bridgehead atoms. The van der Waals surface area contributed by atoms with Gasteiger partial charge in [-0.1, -0.05) is 36.4 Å².